The number of fused-ring (bicyclic) bond motifs is 3. The molecule has 5 rings (SSSR count). The number of halogens is 1. The second-order valence-electron chi connectivity index (χ2n) is 15.4. The fourth-order valence-corrected chi connectivity index (χ4v) is 10.1. The molecule has 5 atom stereocenters. The minimum Gasteiger partial charge on any atom is -0.481 e. The largest absolute Gasteiger partial charge is 0.481 e. The van der Waals surface area contributed by atoms with E-state index in [9.17, 15) is 5.26 Å². The van der Waals surface area contributed by atoms with Gasteiger partial charge in [-0.2, -0.15) is 5.26 Å². The van der Waals surface area contributed by atoms with Gasteiger partial charge in [-0.15, -0.1) is 0 Å². The summed E-state index contributed by atoms with van der Waals surface area (Å²) >= 11 is 6.66. The van der Waals surface area contributed by atoms with Crippen molar-refractivity contribution in [3.8, 4) is 17.7 Å². The molecule has 0 unspecified atom stereocenters. The van der Waals surface area contributed by atoms with Gasteiger partial charge in [-0.05, 0) is 75.1 Å². The van der Waals surface area contributed by atoms with Crippen molar-refractivity contribution in [3.63, 3.8) is 0 Å². The smallest absolute Gasteiger partial charge is 0.224 e. The van der Waals surface area contributed by atoms with Crippen LogP contribution in [0.15, 0.2) is 60.7 Å². The molecule has 46 heavy (non-hydrogen) atoms. The van der Waals surface area contributed by atoms with Gasteiger partial charge in [-0.1, -0.05) is 74.8 Å². The Balaban J connectivity index is 2.02. The van der Waals surface area contributed by atoms with Crippen molar-refractivity contribution in [2.45, 2.75) is 81.8 Å². The van der Waals surface area contributed by atoms with Gasteiger partial charge < -0.3 is 23.2 Å². The van der Waals surface area contributed by atoms with Crippen LogP contribution in [0.2, 0.25) is 42.9 Å². The van der Waals surface area contributed by atoms with E-state index in [0.717, 1.165) is 23.2 Å². The Bertz CT molecular complexity index is 1620. The molecule has 2 aromatic carbocycles. The van der Waals surface area contributed by atoms with Crippen LogP contribution >= 0.6 is 11.6 Å². The lowest BCUT2D eigenvalue weighted by atomic mass is 9.70. The van der Waals surface area contributed by atoms with Crippen molar-refractivity contribution in [1.82, 2.24) is 9.88 Å². The SMILES string of the molecule is COc1nc(Cl)cc2c1[C@]1(O[Si](C)(C)C)[C@H](O[Si](C)(C)C(C)(C)C)[C@H](CN(C)C)[C@@H](c3ccccc3)[C@]1(c1ccc(C#N)cc1)O2. The first-order valence-corrected chi connectivity index (χ1v) is 22.6. The Labute approximate surface area is 282 Å². The van der Waals surface area contributed by atoms with Gasteiger partial charge in [0, 0.05) is 24.4 Å². The normalized spacial score (nSPS) is 26.0. The van der Waals surface area contributed by atoms with Crippen LogP contribution in [-0.4, -0.2) is 60.4 Å². The molecule has 1 aliphatic heterocycles. The fourth-order valence-electron chi connectivity index (χ4n) is 7.24. The van der Waals surface area contributed by atoms with Crippen LogP contribution in [0.25, 0.3) is 0 Å². The molecule has 0 saturated heterocycles. The molecule has 1 saturated carbocycles. The van der Waals surface area contributed by atoms with Gasteiger partial charge in [-0.3, -0.25) is 0 Å². The fraction of sp³-hybridized carbons (Fsp3) is 0.500. The van der Waals surface area contributed by atoms with E-state index >= 15 is 0 Å². The number of benzene rings is 2. The zero-order chi connectivity index (χ0) is 33.9. The summed E-state index contributed by atoms with van der Waals surface area (Å²) in [5.41, 5.74) is 1.02. The molecule has 10 heteroatoms. The summed E-state index contributed by atoms with van der Waals surface area (Å²) in [7, 11) is 0.958. The summed E-state index contributed by atoms with van der Waals surface area (Å²) in [6.45, 7) is 18.7. The minimum absolute atomic E-state index is 0.0768. The lowest BCUT2D eigenvalue weighted by Gasteiger charge is -2.49. The molecule has 7 nitrogen and oxygen atoms in total. The summed E-state index contributed by atoms with van der Waals surface area (Å²) in [6.07, 6.45) is -0.457. The summed E-state index contributed by atoms with van der Waals surface area (Å²) in [4.78, 5) is 6.95. The van der Waals surface area contributed by atoms with Crippen molar-refractivity contribution < 1.29 is 18.3 Å². The van der Waals surface area contributed by atoms with E-state index in [0.29, 0.717) is 17.2 Å². The molecule has 1 aromatic heterocycles. The van der Waals surface area contributed by atoms with E-state index in [4.69, 9.17) is 34.9 Å². The van der Waals surface area contributed by atoms with Crippen LogP contribution in [-0.2, 0) is 20.1 Å². The van der Waals surface area contributed by atoms with Gasteiger partial charge in [0.25, 0.3) is 0 Å². The Hall–Kier alpha value is -2.72. The predicted molar refractivity (Wildman–Crippen MR) is 189 cm³/mol. The topological polar surface area (TPSA) is 76.8 Å². The molecule has 2 aliphatic rings. The first-order valence-electron chi connectivity index (χ1n) is 15.9. The summed E-state index contributed by atoms with van der Waals surface area (Å²) in [5, 5.41) is 9.97. The highest BCUT2D eigenvalue weighted by molar-refractivity contribution is 6.74. The van der Waals surface area contributed by atoms with Crippen LogP contribution in [0.1, 0.15) is 48.9 Å². The maximum Gasteiger partial charge on any atom is 0.224 e. The highest BCUT2D eigenvalue weighted by atomic mass is 35.5. The van der Waals surface area contributed by atoms with E-state index < -0.39 is 33.9 Å². The maximum atomic E-state index is 9.78. The van der Waals surface area contributed by atoms with Crippen LogP contribution < -0.4 is 9.47 Å². The van der Waals surface area contributed by atoms with Crippen molar-refractivity contribution in [2.75, 3.05) is 27.7 Å². The molecule has 2 heterocycles. The van der Waals surface area contributed by atoms with E-state index in [1.165, 1.54) is 0 Å². The number of nitrogens with zero attached hydrogens (tertiary/aromatic N) is 3. The molecule has 0 N–H and O–H groups in total. The molecule has 0 spiro atoms. The number of pyridine rings is 1. The third-order valence-electron chi connectivity index (χ3n) is 9.83. The van der Waals surface area contributed by atoms with Gasteiger partial charge in [0.2, 0.25) is 5.88 Å². The Morgan fingerprint density at radius 3 is 2.17 bits per heavy atom. The van der Waals surface area contributed by atoms with Crippen molar-refractivity contribution in [3.05, 3.63) is 88.1 Å². The summed E-state index contributed by atoms with van der Waals surface area (Å²) < 4.78 is 29.0. The molecule has 0 radical (unpaired) electrons. The highest BCUT2D eigenvalue weighted by Crippen LogP contribution is 2.73. The first-order chi connectivity index (χ1) is 21.4. The molecular formula is C36H48ClN3O4Si2. The lowest BCUT2D eigenvalue weighted by molar-refractivity contribution is -0.135. The van der Waals surface area contributed by atoms with E-state index in [2.05, 4.69) is 103 Å². The van der Waals surface area contributed by atoms with Crippen LogP contribution in [0, 0.1) is 17.2 Å². The highest BCUT2D eigenvalue weighted by Gasteiger charge is 2.79. The number of hydrogen-bond donors (Lipinski definition) is 0. The van der Waals surface area contributed by atoms with E-state index in [-0.39, 0.29) is 22.0 Å². The number of nitriles is 1. The van der Waals surface area contributed by atoms with Crippen molar-refractivity contribution >= 4 is 28.2 Å². The minimum atomic E-state index is -2.45. The number of aromatic nitrogens is 1. The van der Waals surface area contributed by atoms with Crippen molar-refractivity contribution in [1.29, 1.82) is 5.26 Å². The number of hydrogen-bond acceptors (Lipinski definition) is 7. The Morgan fingerprint density at radius 1 is 1.02 bits per heavy atom. The first kappa shape index (κ1) is 34.6. The lowest BCUT2D eigenvalue weighted by Crippen LogP contribution is -2.60. The Morgan fingerprint density at radius 2 is 1.65 bits per heavy atom. The zero-order valence-electron chi connectivity index (χ0n) is 29.1. The third-order valence-corrected chi connectivity index (χ3v) is 15.4. The van der Waals surface area contributed by atoms with Crippen LogP contribution in [0.3, 0.4) is 0 Å². The standard InChI is InChI=1S/C36H48ClN3O4Si2/c1-34(2,3)46(10,11)43-32-27(23-40(4)5)30(25-15-13-12-14-16-25)35(26-19-17-24(22-38)18-20-26)36(32,44-45(7,8)9)31-28(42-35)21-29(37)39-33(31)41-6/h12-21,27,30,32H,23H2,1-11H3/t27-,30-,32-,35+,36+/m1/s1. The zero-order valence-corrected chi connectivity index (χ0v) is 31.8. The van der Waals surface area contributed by atoms with E-state index in [1.54, 1.807) is 13.2 Å². The van der Waals surface area contributed by atoms with Gasteiger partial charge in [0.05, 0.1) is 30.4 Å². The van der Waals surface area contributed by atoms with Gasteiger partial charge in [0.15, 0.2) is 27.8 Å². The van der Waals surface area contributed by atoms with E-state index in [1.807, 2.05) is 30.3 Å². The molecule has 246 valence electrons. The maximum absolute atomic E-state index is 9.78. The quantitative estimate of drug-likeness (QED) is 0.167. The number of ether oxygens (including phenoxy) is 2. The Kier molecular flexibility index (Phi) is 9.08. The predicted octanol–water partition coefficient (Wildman–Crippen LogP) is 8.32. The number of rotatable bonds is 9. The average molecular weight is 678 g/mol. The molecule has 3 aromatic rings. The summed E-state index contributed by atoms with van der Waals surface area (Å²) in [6, 6.07) is 22.4. The van der Waals surface area contributed by atoms with Gasteiger partial charge in [-0.25, -0.2) is 4.98 Å². The van der Waals surface area contributed by atoms with Crippen LogP contribution in [0.5, 0.6) is 11.6 Å². The molecule has 0 bridgehead atoms. The third kappa shape index (κ3) is 5.61. The van der Waals surface area contributed by atoms with Crippen molar-refractivity contribution in [2.24, 2.45) is 5.92 Å². The molecular weight excluding hydrogens is 630 g/mol. The van der Waals surface area contributed by atoms with Crippen LogP contribution in [0.4, 0.5) is 0 Å². The second kappa shape index (κ2) is 12.1. The molecule has 1 aliphatic carbocycles. The molecule has 0 amide bonds. The average Bonchev–Trinajstić information content (AvgIpc) is 3.34. The number of methoxy groups -OCH3 is 1. The van der Waals surface area contributed by atoms with Gasteiger partial charge in [0.1, 0.15) is 10.9 Å². The molecule has 1 fully saturated rings. The van der Waals surface area contributed by atoms with Gasteiger partial charge >= 0.3 is 0 Å². The monoisotopic (exact) mass is 677 g/mol. The second-order valence-corrected chi connectivity index (χ2v) is 25.0. The summed E-state index contributed by atoms with van der Waals surface area (Å²) in [5.74, 6) is 0.642.